The van der Waals surface area contributed by atoms with Crippen LogP contribution in [0.2, 0.25) is 0 Å². The summed E-state index contributed by atoms with van der Waals surface area (Å²) in [5.41, 5.74) is 3.07. The molecule has 0 saturated heterocycles. The third kappa shape index (κ3) is 4.00. The summed E-state index contributed by atoms with van der Waals surface area (Å²) in [4.78, 5) is 35.9. The summed E-state index contributed by atoms with van der Waals surface area (Å²) in [6.45, 7) is 7.62. The fourth-order valence-electron chi connectivity index (χ4n) is 2.83. The molecule has 0 spiro atoms. The highest BCUT2D eigenvalue weighted by atomic mass is 16.4. The van der Waals surface area contributed by atoms with Gasteiger partial charge in [0, 0.05) is 11.3 Å². The maximum atomic E-state index is 12.4. The topological polar surface area (TPSA) is 81.3 Å². The van der Waals surface area contributed by atoms with Crippen LogP contribution < -0.4 is 11.1 Å². The van der Waals surface area contributed by atoms with E-state index < -0.39 is 5.76 Å². The molecule has 1 heterocycles. The number of oxazole rings is 1. The standard InChI is InChI=1S/C21H22N2O4/c1-13(24)14-5-10-17-18(11-14)27-20(26)23(17)12-19(25)22-16-8-6-15(7-9-16)21(2,3)4/h5-11H,12H2,1-4H3,(H,22,25). The number of ketones is 1. The van der Waals surface area contributed by atoms with Crippen molar-refractivity contribution in [2.24, 2.45) is 0 Å². The summed E-state index contributed by atoms with van der Waals surface area (Å²) in [7, 11) is 0. The molecule has 140 valence electrons. The summed E-state index contributed by atoms with van der Waals surface area (Å²) in [6, 6.07) is 12.4. The second kappa shape index (κ2) is 6.87. The number of aromatic nitrogens is 1. The van der Waals surface area contributed by atoms with Crippen molar-refractivity contribution in [1.29, 1.82) is 0 Å². The van der Waals surface area contributed by atoms with Crippen LogP contribution in [0.1, 0.15) is 43.6 Å². The molecule has 27 heavy (non-hydrogen) atoms. The first-order valence-corrected chi connectivity index (χ1v) is 8.70. The number of Topliss-reactive ketones (excluding diaryl/α,β-unsaturated/α-hetero) is 1. The molecule has 6 nitrogen and oxygen atoms in total. The van der Waals surface area contributed by atoms with E-state index in [2.05, 4.69) is 26.1 Å². The number of rotatable bonds is 4. The van der Waals surface area contributed by atoms with Crippen LogP contribution in [-0.2, 0) is 16.8 Å². The highest BCUT2D eigenvalue weighted by Gasteiger charge is 2.15. The predicted octanol–water partition coefficient (Wildman–Crippen LogP) is 3.73. The minimum absolute atomic E-state index is 0.0320. The van der Waals surface area contributed by atoms with Crippen LogP contribution in [-0.4, -0.2) is 16.3 Å². The number of fused-ring (bicyclic) bond motifs is 1. The van der Waals surface area contributed by atoms with Gasteiger partial charge in [-0.1, -0.05) is 32.9 Å². The van der Waals surface area contributed by atoms with Gasteiger partial charge in [-0.2, -0.15) is 0 Å². The lowest BCUT2D eigenvalue weighted by atomic mass is 9.87. The van der Waals surface area contributed by atoms with Crippen LogP contribution in [0.3, 0.4) is 0 Å². The quantitative estimate of drug-likeness (QED) is 0.713. The average Bonchev–Trinajstić information content (AvgIpc) is 2.89. The van der Waals surface area contributed by atoms with Gasteiger partial charge in [-0.3, -0.25) is 14.2 Å². The normalized spacial score (nSPS) is 11.6. The van der Waals surface area contributed by atoms with Crippen molar-refractivity contribution in [3.05, 3.63) is 64.1 Å². The van der Waals surface area contributed by atoms with E-state index in [4.69, 9.17) is 4.42 Å². The maximum Gasteiger partial charge on any atom is 0.420 e. The summed E-state index contributed by atoms with van der Waals surface area (Å²) in [5.74, 6) is -1.09. The Hall–Kier alpha value is -3.15. The second-order valence-corrected chi connectivity index (χ2v) is 7.57. The van der Waals surface area contributed by atoms with Gasteiger partial charge in [0.05, 0.1) is 5.52 Å². The average molecular weight is 366 g/mol. The zero-order valence-corrected chi connectivity index (χ0v) is 15.8. The monoisotopic (exact) mass is 366 g/mol. The van der Waals surface area contributed by atoms with Crippen LogP contribution in [0.5, 0.6) is 0 Å². The van der Waals surface area contributed by atoms with Crippen molar-refractivity contribution in [3.63, 3.8) is 0 Å². The molecule has 6 heteroatoms. The fourth-order valence-corrected chi connectivity index (χ4v) is 2.83. The Morgan fingerprint density at radius 3 is 2.33 bits per heavy atom. The highest BCUT2D eigenvalue weighted by Crippen LogP contribution is 2.23. The molecule has 0 unspecified atom stereocenters. The molecular formula is C21H22N2O4. The second-order valence-electron chi connectivity index (χ2n) is 7.57. The van der Waals surface area contributed by atoms with Gasteiger partial charge in [-0.25, -0.2) is 4.79 Å². The number of nitrogens with zero attached hydrogens (tertiary/aromatic N) is 1. The van der Waals surface area contributed by atoms with Gasteiger partial charge >= 0.3 is 5.76 Å². The van der Waals surface area contributed by atoms with E-state index in [0.29, 0.717) is 16.8 Å². The van der Waals surface area contributed by atoms with E-state index in [0.717, 1.165) is 0 Å². The molecule has 1 N–H and O–H groups in total. The third-order valence-corrected chi connectivity index (χ3v) is 4.41. The summed E-state index contributed by atoms with van der Waals surface area (Å²) >= 11 is 0. The molecule has 0 aliphatic carbocycles. The number of hydrogen-bond acceptors (Lipinski definition) is 4. The van der Waals surface area contributed by atoms with Crippen molar-refractivity contribution >= 4 is 28.5 Å². The molecule has 1 amide bonds. The molecule has 0 bridgehead atoms. The lowest BCUT2D eigenvalue weighted by molar-refractivity contribution is -0.116. The number of hydrogen-bond donors (Lipinski definition) is 1. The summed E-state index contributed by atoms with van der Waals surface area (Å²) in [5, 5.41) is 2.79. The Labute approximate surface area is 156 Å². The molecule has 0 saturated carbocycles. The first-order valence-electron chi connectivity index (χ1n) is 8.70. The van der Waals surface area contributed by atoms with Crippen molar-refractivity contribution in [3.8, 4) is 0 Å². The van der Waals surface area contributed by atoms with Crippen LogP contribution in [0, 0.1) is 0 Å². The Balaban J connectivity index is 1.79. The van der Waals surface area contributed by atoms with Crippen LogP contribution in [0.4, 0.5) is 5.69 Å². The molecule has 2 aromatic carbocycles. The number of anilines is 1. The molecule has 0 radical (unpaired) electrons. The minimum Gasteiger partial charge on any atom is -0.408 e. The van der Waals surface area contributed by atoms with Gasteiger partial charge in [0.2, 0.25) is 5.91 Å². The smallest absolute Gasteiger partial charge is 0.408 e. The molecule has 3 aromatic rings. The number of carbonyl (C=O) groups is 2. The number of nitrogens with one attached hydrogen (secondary N) is 1. The minimum atomic E-state index is -0.635. The van der Waals surface area contributed by atoms with Gasteiger partial charge in [-0.15, -0.1) is 0 Å². The van der Waals surface area contributed by atoms with E-state index in [-0.39, 0.29) is 29.2 Å². The zero-order valence-electron chi connectivity index (χ0n) is 15.8. The predicted molar refractivity (Wildman–Crippen MR) is 104 cm³/mol. The zero-order chi connectivity index (χ0) is 19.8. The van der Waals surface area contributed by atoms with E-state index in [9.17, 15) is 14.4 Å². The highest BCUT2D eigenvalue weighted by molar-refractivity contribution is 5.97. The summed E-state index contributed by atoms with van der Waals surface area (Å²) in [6.07, 6.45) is 0. The molecule has 0 aliphatic rings. The largest absolute Gasteiger partial charge is 0.420 e. The number of carbonyl (C=O) groups excluding carboxylic acids is 2. The van der Waals surface area contributed by atoms with Crippen LogP contribution in [0.25, 0.3) is 11.1 Å². The molecule has 0 atom stereocenters. The Kier molecular flexibility index (Phi) is 4.74. The molecule has 3 rings (SSSR count). The first-order chi connectivity index (χ1) is 12.6. The van der Waals surface area contributed by atoms with E-state index in [1.807, 2.05) is 24.3 Å². The van der Waals surface area contributed by atoms with Crippen molar-refractivity contribution in [1.82, 2.24) is 4.57 Å². The summed E-state index contributed by atoms with van der Waals surface area (Å²) < 4.78 is 6.42. The van der Waals surface area contributed by atoms with Crippen molar-refractivity contribution < 1.29 is 14.0 Å². The Bertz CT molecular complexity index is 1070. The first kappa shape index (κ1) is 18.6. The van der Waals surface area contributed by atoms with Crippen molar-refractivity contribution in [2.45, 2.75) is 39.7 Å². The molecule has 0 fully saturated rings. The van der Waals surface area contributed by atoms with Gasteiger partial charge < -0.3 is 9.73 Å². The number of benzene rings is 2. The third-order valence-electron chi connectivity index (χ3n) is 4.41. The van der Waals surface area contributed by atoms with E-state index >= 15 is 0 Å². The Morgan fingerprint density at radius 2 is 1.74 bits per heavy atom. The molecule has 0 aliphatic heterocycles. The van der Waals surface area contributed by atoms with Gasteiger partial charge in [0.15, 0.2) is 11.4 Å². The SMILES string of the molecule is CC(=O)c1ccc2c(c1)oc(=O)n2CC(=O)Nc1ccc(C(C)(C)C)cc1. The van der Waals surface area contributed by atoms with Gasteiger partial charge in [0.1, 0.15) is 6.54 Å². The number of amides is 1. The lowest BCUT2D eigenvalue weighted by Crippen LogP contribution is -2.24. The van der Waals surface area contributed by atoms with E-state index in [1.54, 1.807) is 12.1 Å². The van der Waals surface area contributed by atoms with Crippen molar-refractivity contribution in [2.75, 3.05) is 5.32 Å². The van der Waals surface area contributed by atoms with Gasteiger partial charge in [0.25, 0.3) is 0 Å². The molecular weight excluding hydrogens is 344 g/mol. The maximum absolute atomic E-state index is 12.4. The lowest BCUT2D eigenvalue weighted by Gasteiger charge is -2.19. The molecule has 1 aromatic heterocycles. The van der Waals surface area contributed by atoms with Crippen LogP contribution in [0.15, 0.2) is 51.7 Å². The van der Waals surface area contributed by atoms with E-state index in [1.165, 1.54) is 23.1 Å². The Morgan fingerprint density at radius 1 is 1.07 bits per heavy atom. The van der Waals surface area contributed by atoms with Gasteiger partial charge in [-0.05, 0) is 48.2 Å². The fraction of sp³-hybridized carbons (Fsp3) is 0.286. The van der Waals surface area contributed by atoms with Crippen LogP contribution >= 0.6 is 0 Å².